The molecular formula is C21H22N4OS. The Morgan fingerprint density at radius 2 is 2.07 bits per heavy atom. The van der Waals surface area contributed by atoms with Gasteiger partial charge in [-0.05, 0) is 50.4 Å². The van der Waals surface area contributed by atoms with Crippen LogP contribution in [0, 0.1) is 13.8 Å². The van der Waals surface area contributed by atoms with Gasteiger partial charge in [-0.1, -0.05) is 18.2 Å². The fourth-order valence-corrected chi connectivity index (χ4v) is 4.05. The van der Waals surface area contributed by atoms with Crippen LogP contribution in [-0.4, -0.2) is 20.4 Å². The van der Waals surface area contributed by atoms with E-state index in [2.05, 4.69) is 37.4 Å². The molecule has 5 nitrogen and oxygen atoms in total. The van der Waals surface area contributed by atoms with Gasteiger partial charge in [-0.3, -0.25) is 4.79 Å². The van der Waals surface area contributed by atoms with Crippen molar-refractivity contribution in [3.05, 3.63) is 75.5 Å². The van der Waals surface area contributed by atoms with Gasteiger partial charge in [0.15, 0.2) is 0 Å². The lowest BCUT2D eigenvalue weighted by Crippen LogP contribution is -2.27. The van der Waals surface area contributed by atoms with E-state index >= 15 is 0 Å². The Morgan fingerprint density at radius 1 is 1.26 bits per heavy atom. The van der Waals surface area contributed by atoms with Gasteiger partial charge in [-0.2, -0.15) is 0 Å². The molecule has 0 aliphatic carbocycles. The average molecular weight is 379 g/mol. The van der Waals surface area contributed by atoms with E-state index in [-0.39, 0.29) is 11.9 Å². The molecule has 27 heavy (non-hydrogen) atoms. The molecule has 0 saturated heterocycles. The maximum Gasteiger partial charge on any atom is 0.253 e. The highest BCUT2D eigenvalue weighted by Crippen LogP contribution is 2.21. The van der Waals surface area contributed by atoms with Gasteiger partial charge in [0.25, 0.3) is 5.91 Å². The summed E-state index contributed by atoms with van der Waals surface area (Å²) in [6.45, 7) is 6.78. The largest absolute Gasteiger partial charge is 0.343 e. The zero-order valence-corrected chi connectivity index (χ0v) is 16.4. The quantitative estimate of drug-likeness (QED) is 0.534. The van der Waals surface area contributed by atoms with Crippen molar-refractivity contribution in [2.24, 2.45) is 0 Å². The van der Waals surface area contributed by atoms with E-state index < -0.39 is 0 Å². The molecule has 1 atom stereocenters. The highest BCUT2D eigenvalue weighted by Gasteiger charge is 2.19. The molecule has 1 aromatic carbocycles. The Morgan fingerprint density at radius 3 is 2.81 bits per heavy atom. The molecule has 4 rings (SSSR count). The van der Waals surface area contributed by atoms with E-state index in [1.165, 1.54) is 4.88 Å². The molecular weight excluding hydrogens is 356 g/mol. The number of amides is 1. The molecule has 4 aromatic rings. The number of imidazole rings is 1. The van der Waals surface area contributed by atoms with Crippen LogP contribution in [0.4, 0.5) is 0 Å². The summed E-state index contributed by atoms with van der Waals surface area (Å²) < 4.78 is 2.19. The topological polar surface area (TPSA) is 62.7 Å². The Kier molecular flexibility index (Phi) is 4.58. The highest BCUT2D eigenvalue weighted by atomic mass is 32.1. The first-order chi connectivity index (χ1) is 13.0. The van der Waals surface area contributed by atoms with Gasteiger partial charge in [-0.15, -0.1) is 11.3 Å². The number of aryl methyl sites for hydroxylation is 1. The number of carbonyl (C=O) groups is 1. The summed E-state index contributed by atoms with van der Waals surface area (Å²) >= 11 is 1.73. The minimum absolute atomic E-state index is 0.0755. The van der Waals surface area contributed by atoms with Crippen LogP contribution < -0.4 is 5.32 Å². The molecule has 1 amide bonds. The minimum Gasteiger partial charge on any atom is -0.343 e. The van der Waals surface area contributed by atoms with Crippen LogP contribution in [0.15, 0.2) is 47.8 Å². The summed E-state index contributed by atoms with van der Waals surface area (Å²) in [4.78, 5) is 22.0. The van der Waals surface area contributed by atoms with Crippen LogP contribution >= 0.6 is 11.3 Å². The Bertz CT molecular complexity index is 1060. The van der Waals surface area contributed by atoms with Crippen molar-refractivity contribution in [1.29, 1.82) is 0 Å². The van der Waals surface area contributed by atoms with Crippen molar-refractivity contribution >= 4 is 28.3 Å². The van der Waals surface area contributed by atoms with Gasteiger partial charge in [0.1, 0.15) is 5.82 Å². The molecule has 3 heterocycles. The second-order valence-corrected chi connectivity index (χ2v) is 7.82. The van der Waals surface area contributed by atoms with Gasteiger partial charge >= 0.3 is 0 Å². The van der Waals surface area contributed by atoms with Crippen molar-refractivity contribution in [1.82, 2.24) is 19.9 Å². The predicted octanol–water partition coefficient (Wildman–Crippen LogP) is 4.58. The number of benzene rings is 1. The molecule has 1 unspecified atom stereocenters. The SMILES string of the molecule is Cc1cc(C(=O)NC(C)c2nc3ccccc3[nH]2)c(C)n1Cc1cccs1. The molecule has 0 spiro atoms. The highest BCUT2D eigenvalue weighted by molar-refractivity contribution is 7.09. The van der Waals surface area contributed by atoms with Gasteiger partial charge in [0.05, 0.1) is 29.2 Å². The zero-order valence-electron chi connectivity index (χ0n) is 15.6. The first-order valence-corrected chi connectivity index (χ1v) is 9.85. The Balaban J connectivity index is 1.54. The van der Waals surface area contributed by atoms with Crippen molar-refractivity contribution in [2.45, 2.75) is 33.4 Å². The number of hydrogen-bond acceptors (Lipinski definition) is 3. The first-order valence-electron chi connectivity index (χ1n) is 8.97. The molecule has 0 fully saturated rings. The van der Waals surface area contributed by atoms with E-state index in [4.69, 9.17) is 0 Å². The van der Waals surface area contributed by atoms with Crippen molar-refractivity contribution < 1.29 is 4.79 Å². The van der Waals surface area contributed by atoms with Gasteiger partial charge in [0.2, 0.25) is 0 Å². The monoisotopic (exact) mass is 378 g/mol. The third-order valence-corrected chi connectivity index (χ3v) is 5.74. The van der Waals surface area contributed by atoms with Crippen LogP contribution in [0.1, 0.15) is 45.4 Å². The minimum atomic E-state index is -0.203. The van der Waals surface area contributed by atoms with E-state index in [0.29, 0.717) is 5.56 Å². The van der Waals surface area contributed by atoms with Gasteiger partial charge < -0.3 is 14.9 Å². The fourth-order valence-electron chi connectivity index (χ4n) is 3.35. The van der Waals surface area contributed by atoms with Crippen molar-refractivity contribution in [3.63, 3.8) is 0 Å². The number of carbonyl (C=O) groups excluding carboxylic acids is 1. The van der Waals surface area contributed by atoms with Crippen LogP contribution in [0.5, 0.6) is 0 Å². The van der Waals surface area contributed by atoms with Gasteiger partial charge in [0, 0.05) is 16.3 Å². The number of nitrogens with zero attached hydrogens (tertiary/aromatic N) is 2. The average Bonchev–Trinajstić information content (AvgIpc) is 3.37. The smallest absolute Gasteiger partial charge is 0.253 e. The molecule has 2 N–H and O–H groups in total. The number of para-hydroxylation sites is 2. The molecule has 3 aromatic heterocycles. The third-order valence-electron chi connectivity index (χ3n) is 4.88. The molecule has 138 valence electrons. The summed E-state index contributed by atoms with van der Waals surface area (Å²) in [6.07, 6.45) is 0. The lowest BCUT2D eigenvalue weighted by molar-refractivity contribution is 0.0937. The molecule has 0 bridgehead atoms. The second kappa shape index (κ2) is 7.04. The lowest BCUT2D eigenvalue weighted by Gasteiger charge is -2.12. The summed E-state index contributed by atoms with van der Waals surface area (Å²) in [6, 6.07) is 13.8. The summed E-state index contributed by atoms with van der Waals surface area (Å²) in [5.41, 5.74) is 4.66. The summed E-state index contributed by atoms with van der Waals surface area (Å²) in [5, 5.41) is 5.15. The number of fused-ring (bicyclic) bond motifs is 1. The summed E-state index contributed by atoms with van der Waals surface area (Å²) in [5.74, 6) is 0.686. The van der Waals surface area contributed by atoms with Crippen LogP contribution in [0.3, 0.4) is 0 Å². The Hall–Kier alpha value is -2.86. The van der Waals surface area contributed by atoms with E-state index in [9.17, 15) is 4.79 Å². The second-order valence-electron chi connectivity index (χ2n) is 6.78. The molecule has 0 radical (unpaired) electrons. The third kappa shape index (κ3) is 3.40. The molecule has 0 saturated carbocycles. The van der Waals surface area contributed by atoms with Crippen LogP contribution in [0.25, 0.3) is 11.0 Å². The maximum absolute atomic E-state index is 12.9. The Labute approximate surface area is 162 Å². The normalized spacial score (nSPS) is 12.4. The number of nitrogens with one attached hydrogen (secondary N) is 2. The first kappa shape index (κ1) is 17.5. The lowest BCUT2D eigenvalue weighted by atomic mass is 10.2. The number of aromatic nitrogens is 3. The maximum atomic E-state index is 12.9. The number of aromatic amines is 1. The standard InChI is InChI=1S/C21H22N4OS/c1-13-11-17(15(3)25(13)12-16-7-6-10-27-16)21(26)22-14(2)20-23-18-8-4-5-9-19(18)24-20/h4-11,14H,12H2,1-3H3,(H,22,26)(H,23,24). The van der Waals surface area contributed by atoms with Crippen LogP contribution in [-0.2, 0) is 6.54 Å². The van der Waals surface area contributed by atoms with E-state index in [0.717, 1.165) is 34.8 Å². The van der Waals surface area contributed by atoms with Crippen molar-refractivity contribution in [3.8, 4) is 0 Å². The van der Waals surface area contributed by atoms with E-state index in [1.54, 1.807) is 11.3 Å². The summed E-state index contributed by atoms with van der Waals surface area (Å²) in [7, 11) is 0. The molecule has 0 aliphatic rings. The predicted molar refractivity (Wildman–Crippen MR) is 109 cm³/mol. The zero-order chi connectivity index (χ0) is 19.0. The van der Waals surface area contributed by atoms with Crippen molar-refractivity contribution in [2.75, 3.05) is 0 Å². The molecule has 0 aliphatic heterocycles. The number of H-pyrrole nitrogens is 1. The fraction of sp³-hybridized carbons (Fsp3) is 0.238. The van der Waals surface area contributed by atoms with Gasteiger partial charge in [-0.25, -0.2) is 4.98 Å². The van der Waals surface area contributed by atoms with E-state index in [1.807, 2.05) is 51.1 Å². The van der Waals surface area contributed by atoms with Crippen LogP contribution in [0.2, 0.25) is 0 Å². The number of rotatable bonds is 5. The molecule has 6 heteroatoms. The number of hydrogen-bond donors (Lipinski definition) is 2. The number of thiophene rings is 1.